The number of benzene rings is 2. The van der Waals surface area contributed by atoms with E-state index in [1.807, 2.05) is 32.0 Å². The minimum absolute atomic E-state index is 0.111. The second-order valence-electron chi connectivity index (χ2n) is 5.97. The Morgan fingerprint density at radius 1 is 1.26 bits per heavy atom. The average Bonchev–Trinajstić information content (AvgIpc) is 3.12. The van der Waals surface area contributed by atoms with Gasteiger partial charge in [0, 0.05) is 10.7 Å². The molecule has 1 amide bonds. The van der Waals surface area contributed by atoms with Crippen LogP contribution in [0.15, 0.2) is 41.6 Å². The third kappa shape index (κ3) is 4.81. The Kier molecular flexibility index (Phi) is 6.03. The van der Waals surface area contributed by atoms with E-state index in [1.54, 1.807) is 25.3 Å². The van der Waals surface area contributed by atoms with E-state index in [0.717, 1.165) is 16.8 Å². The van der Waals surface area contributed by atoms with E-state index >= 15 is 0 Å². The fraction of sp³-hybridized carbons (Fsp3) is 0.211. The van der Waals surface area contributed by atoms with Crippen molar-refractivity contribution < 1.29 is 9.53 Å². The third-order valence-electron chi connectivity index (χ3n) is 3.88. The Balaban J connectivity index is 1.65. The normalized spacial score (nSPS) is 10.7. The summed E-state index contributed by atoms with van der Waals surface area (Å²) in [7, 11) is 1.58. The molecule has 0 saturated heterocycles. The molecular weight excluding hydrogens is 384 g/mol. The second kappa shape index (κ2) is 8.45. The highest BCUT2D eigenvalue weighted by atomic mass is 35.5. The number of aryl methyl sites for hydroxylation is 2. The van der Waals surface area contributed by atoms with Crippen molar-refractivity contribution in [2.45, 2.75) is 19.0 Å². The van der Waals surface area contributed by atoms with Crippen molar-refractivity contribution in [3.05, 3.63) is 52.5 Å². The Morgan fingerprint density at radius 3 is 2.85 bits per heavy atom. The fourth-order valence-electron chi connectivity index (χ4n) is 2.48. The van der Waals surface area contributed by atoms with Crippen LogP contribution in [0.3, 0.4) is 0 Å². The van der Waals surface area contributed by atoms with Crippen LogP contribution in [0.5, 0.6) is 5.75 Å². The van der Waals surface area contributed by atoms with Crippen molar-refractivity contribution in [1.29, 1.82) is 0 Å². The summed E-state index contributed by atoms with van der Waals surface area (Å²) >= 11 is 7.31. The highest BCUT2D eigenvalue weighted by molar-refractivity contribution is 7.99. The Labute approximate surface area is 166 Å². The SMILES string of the molecule is COc1ccc(Cl)cc1-c1nc(SCC(=O)Nc2cc(C)ccc2C)n[nH]1. The quantitative estimate of drug-likeness (QED) is 0.594. The molecule has 3 aromatic rings. The van der Waals surface area contributed by atoms with E-state index in [9.17, 15) is 4.79 Å². The van der Waals surface area contributed by atoms with Gasteiger partial charge in [-0.1, -0.05) is 35.5 Å². The van der Waals surface area contributed by atoms with Crippen molar-refractivity contribution >= 4 is 35.0 Å². The van der Waals surface area contributed by atoms with Crippen LogP contribution in [0.4, 0.5) is 5.69 Å². The number of halogens is 1. The number of amides is 1. The van der Waals surface area contributed by atoms with Gasteiger partial charge in [0.25, 0.3) is 0 Å². The summed E-state index contributed by atoms with van der Waals surface area (Å²) in [6, 6.07) is 11.2. The van der Waals surface area contributed by atoms with Gasteiger partial charge in [-0.2, -0.15) is 0 Å². The highest BCUT2D eigenvalue weighted by Gasteiger charge is 2.13. The zero-order valence-electron chi connectivity index (χ0n) is 15.2. The predicted octanol–water partition coefficient (Wildman–Crippen LogP) is 4.48. The number of hydrogen-bond donors (Lipinski definition) is 2. The van der Waals surface area contributed by atoms with Crippen LogP contribution in [0.1, 0.15) is 11.1 Å². The zero-order valence-corrected chi connectivity index (χ0v) is 16.7. The number of nitrogens with zero attached hydrogens (tertiary/aromatic N) is 2. The molecule has 6 nitrogen and oxygen atoms in total. The van der Waals surface area contributed by atoms with E-state index in [-0.39, 0.29) is 11.7 Å². The number of nitrogens with one attached hydrogen (secondary N) is 2. The van der Waals surface area contributed by atoms with Crippen LogP contribution < -0.4 is 10.1 Å². The molecule has 0 fully saturated rings. The lowest BCUT2D eigenvalue weighted by Crippen LogP contribution is -2.15. The van der Waals surface area contributed by atoms with Crippen LogP contribution in [-0.2, 0) is 4.79 Å². The van der Waals surface area contributed by atoms with Gasteiger partial charge >= 0.3 is 0 Å². The molecule has 0 bridgehead atoms. The molecule has 0 aliphatic carbocycles. The first-order valence-corrected chi connectivity index (χ1v) is 9.59. The molecule has 0 aliphatic rings. The number of aromatic amines is 1. The van der Waals surface area contributed by atoms with Gasteiger partial charge in [0.1, 0.15) is 5.75 Å². The van der Waals surface area contributed by atoms with Crippen molar-refractivity contribution in [1.82, 2.24) is 15.2 Å². The van der Waals surface area contributed by atoms with Crippen LogP contribution >= 0.6 is 23.4 Å². The summed E-state index contributed by atoms with van der Waals surface area (Å²) in [5.41, 5.74) is 3.65. The van der Waals surface area contributed by atoms with Gasteiger partial charge in [-0.15, -0.1) is 5.10 Å². The van der Waals surface area contributed by atoms with E-state index in [0.29, 0.717) is 27.3 Å². The van der Waals surface area contributed by atoms with Gasteiger partial charge in [0.05, 0.1) is 18.4 Å². The fourth-order valence-corrected chi connectivity index (χ4v) is 3.25. The minimum Gasteiger partial charge on any atom is -0.496 e. The lowest BCUT2D eigenvalue weighted by Gasteiger charge is -2.08. The number of anilines is 1. The van der Waals surface area contributed by atoms with Crippen molar-refractivity contribution in [3.8, 4) is 17.1 Å². The molecular formula is C19H19ClN4O2S. The van der Waals surface area contributed by atoms with Crippen LogP contribution in [0.25, 0.3) is 11.4 Å². The maximum atomic E-state index is 12.2. The first-order chi connectivity index (χ1) is 13.0. The lowest BCUT2D eigenvalue weighted by atomic mass is 10.1. The van der Waals surface area contributed by atoms with E-state index in [2.05, 4.69) is 20.5 Å². The number of carbonyl (C=O) groups excluding carboxylic acids is 1. The molecule has 0 atom stereocenters. The molecule has 2 N–H and O–H groups in total. The maximum absolute atomic E-state index is 12.2. The summed E-state index contributed by atoms with van der Waals surface area (Å²) in [4.78, 5) is 16.7. The maximum Gasteiger partial charge on any atom is 0.234 e. The van der Waals surface area contributed by atoms with Gasteiger partial charge in [-0.3, -0.25) is 9.89 Å². The van der Waals surface area contributed by atoms with Gasteiger partial charge in [-0.25, -0.2) is 4.98 Å². The molecule has 0 aliphatic heterocycles. The molecule has 2 aromatic carbocycles. The number of ether oxygens (including phenoxy) is 1. The summed E-state index contributed by atoms with van der Waals surface area (Å²) in [5.74, 6) is 1.27. The standard InChI is InChI=1S/C19H19ClN4O2S/c1-11-4-5-12(2)15(8-11)21-17(25)10-27-19-22-18(23-24-19)14-9-13(20)6-7-16(14)26-3/h4-9H,10H2,1-3H3,(H,21,25)(H,22,23,24). The van der Waals surface area contributed by atoms with Crippen LogP contribution in [-0.4, -0.2) is 34.0 Å². The number of carbonyl (C=O) groups is 1. The molecule has 3 rings (SSSR count). The smallest absolute Gasteiger partial charge is 0.234 e. The predicted molar refractivity (Wildman–Crippen MR) is 109 cm³/mol. The molecule has 0 radical (unpaired) electrons. The Hall–Kier alpha value is -2.51. The summed E-state index contributed by atoms with van der Waals surface area (Å²) in [5, 5.41) is 11.0. The van der Waals surface area contributed by atoms with Crippen molar-refractivity contribution in [3.63, 3.8) is 0 Å². The minimum atomic E-state index is -0.111. The molecule has 140 valence electrons. The topological polar surface area (TPSA) is 79.9 Å². The van der Waals surface area contributed by atoms with E-state index in [4.69, 9.17) is 16.3 Å². The van der Waals surface area contributed by atoms with Gasteiger partial charge in [0.15, 0.2) is 5.82 Å². The van der Waals surface area contributed by atoms with E-state index < -0.39 is 0 Å². The molecule has 1 aromatic heterocycles. The van der Waals surface area contributed by atoms with Gasteiger partial charge < -0.3 is 10.1 Å². The number of aromatic nitrogens is 3. The number of methoxy groups -OCH3 is 1. The molecule has 27 heavy (non-hydrogen) atoms. The first kappa shape index (κ1) is 19.3. The number of hydrogen-bond acceptors (Lipinski definition) is 5. The summed E-state index contributed by atoms with van der Waals surface area (Å²) in [6.45, 7) is 3.95. The first-order valence-electron chi connectivity index (χ1n) is 8.22. The van der Waals surface area contributed by atoms with Crippen LogP contribution in [0, 0.1) is 13.8 Å². The average molecular weight is 403 g/mol. The Bertz CT molecular complexity index is 974. The highest BCUT2D eigenvalue weighted by Crippen LogP contribution is 2.31. The molecule has 1 heterocycles. The Morgan fingerprint density at radius 2 is 2.07 bits per heavy atom. The van der Waals surface area contributed by atoms with Gasteiger partial charge in [0.2, 0.25) is 11.1 Å². The summed E-state index contributed by atoms with van der Waals surface area (Å²) in [6.07, 6.45) is 0. The zero-order chi connectivity index (χ0) is 19.4. The van der Waals surface area contributed by atoms with E-state index in [1.165, 1.54) is 11.8 Å². The van der Waals surface area contributed by atoms with Gasteiger partial charge in [-0.05, 0) is 49.2 Å². The molecule has 0 unspecified atom stereocenters. The summed E-state index contributed by atoms with van der Waals surface area (Å²) < 4.78 is 5.33. The molecule has 0 saturated carbocycles. The molecule has 0 spiro atoms. The second-order valence-corrected chi connectivity index (χ2v) is 7.35. The van der Waals surface area contributed by atoms with Crippen molar-refractivity contribution in [2.24, 2.45) is 0 Å². The number of H-pyrrole nitrogens is 1. The van der Waals surface area contributed by atoms with Crippen LogP contribution in [0.2, 0.25) is 5.02 Å². The number of rotatable bonds is 6. The molecule has 8 heteroatoms. The third-order valence-corrected chi connectivity index (χ3v) is 4.96. The monoisotopic (exact) mass is 402 g/mol. The van der Waals surface area contributed by atoms with Crippen molar-refractivity contribution in [2.75, 3.05) is 18.2 Å². The largest absolute Gasteiger partial charge is 0.496 e. The number of thioether (sulfide) groups is 1. The lowest BCUT2D eigenvalue weighted by molar-refractivity contribution is -0.113.